The molecule has 0 spiro atoms. The number of aromatic nitrogens is 3. The van der Waals surface area contributed by atoms with E-state index in [0.717, 1.165) is 33.6 Å². The largest absolute Gasteiger partial charge is 0.352 e. The number of aryl methyl sites for hydroxylation is 1. The van der Waals surface area contributed by atoms with Crippen molar-refractivity contribution in [3.63, 3.8) is 0 Å². The van der Waals surface area contributed by atoms with Gasteiger partial charge in [-0.3, -0.25) is 4.57 Å². The second-order valence-corrected chi connectivity index (χ2v) is 7.60. The summed E-state index contributed by atoms with van der Waals surface area (Å²) < 4.78 is 14.6. The Morgan fingerprint density at radius 1 is 1.17 bits per heavy atom. The molecule has 2 aromatic carbocycles. The van der Waals surface area contributed by atoms with E-state index < -0.39 is 0 Å². The summed E-state index contributed by atoms with van der Waals surface area (Å²) in [5, 5.41) is 0. The minimum absolute atomic E-state index is 0.238. The molecule has 0 fully saturated rings. The molecule has 0 unspecified atom stereocenters. The van der Waals surface area contributed by atoms with Gasteiger partial charge in [0.25, 0.3) is 0 Å². The third kappa shape index (κ3) is 4.40. The Bertz CT molecular complexity index is 1120. The fraction of sp³-hybridized carbons (Fsp3) is 0.227. The van der Waals surface area contributed by atoms with Crippen molar-refractivity contribution in [1.82, 2.24) is 14.5 Å². The minimum Gasteiger partial charge on any atom is -0.337 e. The van der Waals surface area contributed by atoms with Gasteiger partial charge in [0.1, 0.15) is 12.1 Å². The first-order valence-electron chi connectivity index (χ1n) is 9.41. The molecule has 0 N–H and O–H groups in total. The second kappa shape index (κ2) is 8.21. The summed E-state index contributed by atoms with van der Waals surface area (Å²) in [4.78, 5) is 23.9. The highest BCUT2D eigenvalue weighted by Gasteiger charge is 2.16. The van der Waals surface area contributed by atoms with E-state index in [1.165, 1.54) is 16.7 Å². The molecular formula is C22H21FN4OS. The molecule has 0 saturated heterocycles. The summed E-state index contributed by atoms with van der Waals surface area (Å²) in [6.07, 6.45) is 4.41. The molecule has 4 rings (SSSR count). The van der Waals surface area contributed by atoms with Crippen LogP contribution in [0.1, 0.15) is 23.1 Å². The molecule has 29 heavy (non-hydrogen) atoms. The van der Waals surface area contributed by atoms with Crippen LogP contribution in [-0.2, 0) is 6.54 Å². The topological polar surface area (TPSA) is 51.0 Å². The van der Waals surface area contributed by atoms with Crippen LogP contribution in [-0.4, -0.2) is 27.6 Å². The lowest BCUT2D eigenvalue weighted by Gasteiger charge is -2.26. The highest BCUT2D eigenvalue weighted by Crippen LogP contribution is 2.24. The second-order valence-electron chi connectivity index (χ2n) is 7.12. The van der Waals surface area contributed by atoms with Gasteiger partial charge < -0.3 is 4.90 Å². The Kier molecular flexibility index (Phi) is 5.49. The standard InChI is InChI=1S/C22H21FN4OS/c1-15-12-16(2-7-20(15)29)13-27-14-24-21(25-22(27)28)26-10-8-18(9-11-26)17-3-5-19(23)6-4-17/h2-8,12,14,29H,9-11,13H2,1H3. The van der Waals surface area contributed by atoms with Gasteiger partial charge in [-0.25, -0.2) is 14.2 Å². The molecule has 0 amide bonds. The summed E-state index contributed by atoms with van der Waals surface area (Å²) in [7, 11) is 0. The van der Waals surface area contributed by atoms with Gasteiger partial charge in [0.15, 0.2) is 0 Å². The molecule has 2 heterocycles. The van der Waals surface area contributed by atoms with Crippen LogP contribution in [0.5, 0.6) is 0 Å². The van der Waals surface area contributed by atoms with Crippen LogP contribution < -0.4 is 10.6 Å². The number of benzene rings is 2. The van der Waals surface area contributed by atoms with E-state index in [2.05, 4.69) is 28.7 Å². The van der Waals surface area contributed by atoms with Gasteiger partial charge in [0, 0.05) is 18.0 Å². The summed E-state index contributed by atoms with van der Waals surface area (Å²) >= 11 is 4.38. The molecule has 0 saturated carbocycles. The van der Waals surface area contributed by atoms with Crippen LogP contribution in [0.3, 0.4) is 0 Å². The smallest absolute Gasteiger partial charge is 0.337 e. The zero-order valence-corrected chi connectivity index (χ0v) is 16.9. The number of rotatable bonds is 4. The maximum absolute atomic E-state index is 13.1. The van der Waals surface area contributed by atoms with Gasteiger partial charge in [-0.15, -0.1) is 12.6 Å². The third-order valence-corrected chi connectivity index (χ3v) is 5.58. The van der Waals surface area contributed by atoms with E-state index >= 15 is 0 Å². The Balaban J connectivity index is 1.47. The van der Waals surface area contributed by atoms with Crippen LogP contribution in [0.25, 0.3) is 5.57 Å². The Labute approximate surface area is 174 Å². The molecule has 5 nitrogen and oxygen atoms in total. The number of hydrogen-bond donors (Lipinski definition) is 1. The summed E-state index contributed by atoms with van der Waals surface area (Å²) in [5.41, 5.74) is 3.93. The van der Waals surface area contributed by atoms with Gasteiger partial charge >= 0.3 is 5.69 Å². The van der Waals surface area contributed by atoms with E-state index in [9.17, 15) is 9.18 Å². The van der Waals surface area contributed by atoms with E-state index in [1.807, 2.05) is 30.0 Å². The van der Waals surface area contributed by atoms with Crippen molar-refractivity contribution in [3.8, 4) is 0 Å². The molecule has 1 aromatic heterocycles. The average molecular weight is 409 g/mol. The van der Waals surface area contributed by atoms with Crippen LogP contribution >= 0.6 is 12.6 Å². The number of hydrogen-bond acceptors (Lipinski definition) is 5. The first-order chi connectivity index (χ1) is 14.0. The molecule has 0 radical (unpaired) electrons. The Morgan fingerprint density at radius 2 is 1.97 bits per heavy atom. The van der Waals surface area contributed by atoms with Crippen LogP contribution in [0, 0.1) is 12.7 Å². The molecular weight excluding hydrogens is 387 g/mol. The number of thiol groups is 1. The van der Waals surface area contributed by atoms with Crippen molar-refractivity contribution < 1.29 is 4.39 Å². The molecule has 7 heteroatoms. The highest BCUT2D eigenvalue weighted by molar-refractivity contribution is 7.80. The van der Waals surface area contributed by atoms with Crippen LogP contribution in [0.4, 0.5) is 10.3 Å². The zero-order valence-electron chi connectivity index (χ0n) is 16.0. The summed E-state index contributed by atoms with van der Waals surface area (Å²) in [6, 6.07) is 12.4. The number of halogens is 1. The quantitative estimate of drug-likeness (QED) is 0.669. The van der Waals surface area contributed by atoms with Gasteiger partial charge in [-0.05, 0) is 53.8 Å². The SMILES string of the molecule is Cc1cc(Cn2cnc(N3CC=C(c4ccc(F)cc4)CC3)nc2=O)ccc1S. The Hall–Kier alpha value is -2.93. The van der Waals surface area contributed by atoms with Crippen molar-refractivity contribution in [2.75, 3.05) is 18.0 Å². The van der Waals surface area contributed by atoms with Crippen molar-refractivity contribution in [2.45, 2.75) is 24.8 Å². The van der Waals surface area contributed by atoms with Gasteiger partial charge in [0.05, 0.1) is 6.54 Å². The predicted octanol–water partition coefficient (Wildman–Crippen LogP) is 3.72. The molecule has 0 bridgehead atoms. The monoisotopic (exact) mass is 408 g/mol. The molecule has 1 aliphatic rings. The highest BCUT2D eigenvalue weighted by atomic mass is 32.1. The normalized spacial score (nSPS) is 14.0. The first-order valence-corrected chi connectivity index (χ1v) is 9.86. The van der Waals surface area contributed by atoms with Crippen LogP contribution in [0.15, 0.2) is 64.6 Å². The third-order valence-electron chi connectivity index (χ3n) is 5.08. The van der Waals surface area contributed by atoms with Crippen molar-refractivity contribution in [2.24, 2.45) is 0 Å². The predicted molar refractivity (Wildman–Crippen MR) is 115 cm³/mol. The molecule has 0 atom stereocenters. The van der Waals surface area contributed by atoms with Crippen LogP contribution in [0.2, 0.25) is 0 Å². The fourth-order valence-corrected chi connectivity index (χ4v) is 3.54. The lowest BCUT2D eigenvalue weighted by molar-refractivity contribution is 0.627. The van der Waals surface area contributed by atoms with Gasteiger partial charge in [-0.1, -0.05) is 30.3 Å². The van der Waals surface area contributed by atoms with E-state index in [-0.39, 0.29) is 11.5 Å². The fourth-order valence-electron chi connectivity index (χ4n) is 3.40. The zero-order chi connectivity index (χ0) is 20.4. The molecule has 1 aliphatic heterocycles. The maximum atomic E-state index is 13.1. The number of nitrogens with zero attached hydrogens (tertiary/aromatic N) is 4. The lowest BCUT2D eigenvalue weighted by Crippen LogP contribution is -2.34. The summed E-state index contributed by atoms with van der Waals surface area (Å²) in [6.45, 7) is 3.72. The van der Waals surface area contributed by atoms with Crippen molar-refractivity contribution >= 4 is 24.2 Å². The van der Waals surface area contributed by atoms with E-state index in [1.54, 1.807) is 18.5 Å². The first kappa shape index (κ1) is 19.4. The summed E-state index contributed by atoms with van der Waals surface area (Å²) in [5.74, 6) is 0.194. The minimum atomic E-state index is -0.323. The van der Waals surface area contributed by atoms with E-state index in [0.29, 0.717) is 25.6 Å². The Morgan fingerprint density at radius 3 is 2.62 bits per heavy atom. The molecule has 3 aromatic rings. The van der Waals surface area contributed by atoms with Gasteiger partial charge in [-0.2, -0.15) is 4.98 Å². The van der Waals surface area contributed by atoms with Gasteiger partial charge in [0.2, 0.25) is 5.95 Å². The molecule has 148 valence electrons. The molecule has 0 aliphatic carbocycles. The number of anilines is 1. The average Bonchev–Trinajstić information content (AvgIpc) is 2.73. The lowest BCUT2D eigenvalue weighted by atomic mass is 10.00. The van der Waals surface area contributed by atoms with E-state index in [4.69, 9.17) is 0 Å². The van der Waals surface area contributed by atoms with Crippen molar-refractivity contribution in [3.05, 3.63) is 87.9 Å². The maximum Gasteiger partial charge on any atom is 0.352 e. The van der Waals surface area contributed by atoms with Crippen molar-refractivity contribution in [1.29, 1.82) is 0 Å².